The van der Waals surface area contributed by atoms with E-state index in [0.29, 0.717) is 35.7 Å². The molecular formula is C24H26N2O4. The molecular weight excluding hydrogens is 380 g/mol. The average Bonchev–Trinajstić information content (AvgIpc) is 2.76. The predicted octanol–water partition coefficient (Wildman–Crippen LogP) is 4.69. The Morgan fingerprint density at radius 3 is 2.60 bits per heavy atom. The minimum absolute atomic E-state index is 0.0417. The van der Waals surface area contributed by atoms with Crippen molar-refractivity contribution in [2.24, 2.45) is 0 Å². The van der Waals surface area contributed by atoms with Gasteiger partial charge in [-0.3, -0.25) is 14.6 Å². The van der Waals surface area contributed by atoms with E-state index < -0.39 is 0 Å². The van der Waals surface area contributed by atoms with Crippen LogP contribution in [0.2, 0.25) is 0 Å². The average molecular weight is 406 g/mol. The first-order chi connectivity index (χ1) is 14.5. The van der Waals surface area contributed by atoms with Gasteiger partial charge in [0, 0.05) is 24.5 Å². The lowest BCUT2D eigenvalue weighted by atomic mass is 10.0. The van der Waals surface area contributed by atoms with Gasteiger partial charge in [-0.1, -0.05) is 36.4 Å². The van der Waals surface area contributed by atoms with Gasteiger partial charge >= 0.3 is 5.97 Å². The van der Waals surface area contributed by atoms with Crippen LogP contribution in [0.15, 0.2) is 48.7 Å². The summed E-state index contributed by atoms with van der Waals surface area (Å²) in [5.74, 6) is 0.0974. The van der Waals surface area contributed by atoms with Gasteiger partial charge in [-0.25, -0.2) is 0 Å². The molecule has 156 valence electrons. The van der Waals surface area contributed by atoms with Crippen LogP contribution in [0.5, 0.6) is 5.75 Å². The molecule has 0 amide bonds. The molecule has 1 N–H and O–H groups in total. The second kappa shape index (κ2) is 9.87. The number of nitrogens with zero attached hydrogens (tertiary/aromatic N) is 1. The first-order valence-electron chi connectivity index (χ1n) is 9.98. The fourth-order valence-corrected chi connectivity index (χ4v) is 3.34. The molecule has 0 bridgehead atoms. The number of methoxy groups -OCH3 is 1. The molecule has 30 heavy (non-hydrogen) atoms. The largest absolute Gasteiger partial charge is 0.494 e. The number of hydrogen-bond acceptors (Lipinski definition) is 6. The fraction of sp³-hybridized carbons (Fsp3) is 0.292. The molecule has 1 heterocycles. The van der Waals surface area contributed by atoms with Crippen LogP contribution in [-0.4, -0.2) is 30.5 Å². The van der Waals surface area contributed by atoms with Crippen molar-refractivity contribution in [2.45, 2.75) is 33.2 Å². The molecule has 3 rings (SSSR count). The van der Waals surface area contributed by atoms with Crippen molar-refractivity contribution in [3.8, 4) is 5.75 Å². The van der Waals surface area contributed by atoms with Crippen LogP contribution in [-0.2, 0) is 16.1 Å². The molecule has 1 aromatic heterocycles. The van der Waals surface area contributed by atoms with Crippen molar-refractivity contribution < 1.29 is 19.1 Å². The quantitative estimate of drug-likeness (QED) is 0.410. The number of fused-ring (bicyclic) bond motifs is 1. The Balaban J connectivity index is 1.97. The van der Waals surface area contributed by atoms with Gasteiger partial charge in [0.25, 0.3) is 0 Å². The fourth-order valence-electron chi connectivity index (χ4n) is 3.34. The number of ketones is 1. The van der Waals surface area contributed by atoms with E-state index in [1.165, 1.54) is 0 Å². The molecule has 0 saturated carbocycles. The number of nitrogens with one attached hydrogen (secondary N) is 1. The highest BCUT2D eigenvalue weighted by atomic mass is 16.5. The van der Waals surface area contributed by atoms with Crippen LogP contribution < -0.4 is 10.1 Å². The Kier molecular flexibility index (Phi) is 7.01. The lowest BCUT2D eigenvalue weighted by Gasteiger charge is -2.16. The highest BCUT2D eigenvalue weighted by Crippen LogP contribution is 2.32. The second-order valence-corrected chi connectivity index (χ2v) is 6.91. The maximum Gasteiger partial charge on any atom is 0.306 e. The molecule has 6 heteroatoms. The normalized spacial score (nSPS) is 10.6. The summed E-state index contributed by atoms with van der Waals surface area (Å²) in [6, 6.07) is 13.7. The molecule has 0 spiro atoms. The molecule has 0 radical (unpaired) electrons. The number of hydrogen-bond donors (Lipinski definition) is 1. The Hall–Kier alpha value is -3.41. The van der Waals surface area contributed by atoms with Gasteiger partial charge < -0.3 is 14.8 Å². The summed E-state index contributed by atoms with van der Waals surface area (Å²) in [7, 11) is 1.59. The highest BCUT2D eigenvalue weighted by Gasteiger charge is 2.18. The smallest absolute Gasteiger partial charge is 0.306 e. The molecule has 0 aliphatic rings. The summed E-state index contributed by atoms with van der Waals surface area (Å²) >= 11 is 0. The lowest BCUT2D eigenvalue weighted by molar-refractivity contribution is -0.143. The van der Waals surface area contributed by atoms with Crippen molar-refractivity contribution in [3.63, 3.8) is 0 Å². The molecule has 6 nitrogen and oxygen atoms in total. The Morgan fingerprint density at radius 2 is 1.87 bits per heavy atom. The monoisotopic (exact) mass is 406 g/mol. The third-order valence-electron chi connectivity index (χ3n) is 4.96. The first kappa shape index (κ1) is 21.3. The summed E-state index contributed by atoms with van der Waals surface area (Å²) < 4.78 is 10.4. The lowest BCUT2D eigenvalue weighted by Crippen LogP contribution is -2.12. The number of para-hydroxylation sites is 1. The number of ether oxygens (including phenoxy) is 2. The number of aromatic nitrogens is 1. The van der Waals surface area contributed by atoms with E-state index in [0.717, 1.165) is 16.5 Å². The van der Waals surface area contributed by atoms with Crippen molar-refractivity contribution in [1.82, 2.24) is 4.98 Å². The molecule has 0 atom stereocenters. The van der Waals surface area contributed by atoms with Crippen molar-refractivity contribution in [2.75, 3.05) is 19.0 Å². The van der Waals surface area contributed by atoms with Gasteiger partial charge in [-0.05, 0) is 31.0 Å². The summed E-state index contributed by atoms with van der Waals surface area (Å²) in [5, 5.41) is 4.22. The van der Waals surface area contributed by atoms with Crippen LogP contribution in [0.25, 0.3) is 10.9 Å². The number of Topliss-reactive ketones (excluding diaryl/α,β-unsaturated/α-hetero) is 1. The zero-order valence-corrected chi connectivity index (χ0v) is 17.5. The van der Waals surface area contributed by atoms with Gasteiger partial charge in [0.15, 0.2) is 5.78 Å². The Morgan fingerprint density at radius 1 is 1.07 bits per heavy atom. The number of aryl methyl sites for hydroxylation is 1. The van der Waals surface area contributed by atoms with Gasteiger partial charge in [0.05, 0.1) is 31.4 Å². The number of carbonyl (C=O) groups excluding carboxylic acids is 2. The molecule has 2 aromatic carbocycles. The van der Waals surface area contributed by atoms with E-state index in [9.17, 15) is 9.59 Å². The molecule has 0 saturated heterocycles. The zero-order chi connectivity index (χ0) is 21.5. The van der Waals surface area contributed by atoms with E-state index in [4.69, 9.17) is 9.47 Å². The Bertz CT molecular complexity index is 1060. The number of pyridine rings is 1. The summed E-state index contributed by atoms with van der Waals surface area (Å²) in [6.07, 6.45) is 1.66. The SMILES string of the molecule is CCOC(=O)CCC(=O)c1cnc2c(OC)cccc2c1NCc1ccccc1C. The molecule has 3 aromatic rings. The minimum atomic E-state index is -0.379. The summed E-state index contributed by atoms with van der Waals surface area (Å²) in [4.78, 5) is 29.1. The topological polar surface area (TPSA) is 77.5 Å². The van der Waals surface area contributed by atoms with Gasteiger partial charge in [0.1, 0.15) is 11.3 Å². The maximum atomic E-state index is 12.9. The Labute approximate surface area is 176 Å². The van der Waals surface area contributed by atoms with Crippen LogP contribution in [0.4, 0.5) is 5.69 Å². The molecule has 0 aliphatic heterocycles. The van der Waals surface area contributed by atoms with E-state index in [-0.39, 0.29) is 24.6 Å². The minimum Gasteiger partial charge on any atom is -0.494 e. The number of esters is 1. The van der Waals surface area contributed by atoms with Gasteiger partial charge in [-0.15, -0.1) is 0 Å². The van der Waals surface area contributed by atoms with Crippen LogP contribution >= 0.6 is 0 Å². The van der Waals surface area contributed by atoms with E-state index >= 15 is 0 Å². The second-order valence-electron chi connectivity index (χ2n) is 6.91. The highest BCUT2D eigenvalue weighted by molar-refractivity contribution is 6.09. The first-order valence-corrected chi connectivity index (χ1v) is 9.98. The summed E-state index contributed by atoms with van der Waals surface area (Å²) in [5.41, 5.74) is 4.12. The zero-order valence-electron chi connectivity index (χ0n) is 17.5. The number of rotatable bonds is 9. The number of carbonyl (C=O) groups is 2. The van der Waals surface area contributed by atoms with Gasteiger partial charge in [0.2, 0.25) is 0 Å². The number of anilines is 1. The number of benzene rings is 2. The van der Waals surface area contributed by atoms with E-state index in [1.807, 2.05) is 30.3 Å². The summed E-state index contributed by atoms with van der Waals surface area (Å²) in [6.45, 7) is 4.65. The molecule has 0 fully saturated rings. The van der Waals surface area contributed by atoms with Crippen molar-refractivity contribution in [1.29, 1.82) is 0 Å². The van der Waals surface area contributed by atoms with E-state index in [1.54, 1.807) is 20.2 Å². The van der Waals surface area contributed by atoms with Crippen molar-refractivity contribution >= 4 is 28.3 Å². The molecule has 0 aliphatic carbocycles. The van der Waals surface area contributed by atoms with Gasteiger partial charge in [-0.2, -0.15) is 0 Å². The van der Waals surface area contributed by atoms with Crippen LogP contribution in [0.1, 0.15) is 41.3 Å². The predicted molar refractivity (Wildman–Crippen MR) is 117 cm³/mol. The molecule has 0 unspecified atom stereocenters. The van der Waals surface area contributed by atoms with Crippen LogP contribution in [0.3, 0.4) is 0 Å². The van der Waals surface area contributed by atoms with E-state index in [2.05, 4.69) is 29.4 Å². The standard InChI is InChI=1S/C24H26N2O4/c1-4-30-22(28)13-12-20(27)19-15-26-24-18(10-7-11-21(24)29-3)23(19)25-14-17-9-6-5-8-16(17)2/h5-11,15H,4,12-14H2,1-3H3,(H,25,26). The third-order valence-corrected chi connectivity index (χ3v) is 4.96. The maximum absolute atomic E-state index is 12.9. The van der Waals surface area contributed by atoms with Crippen molar-refractivity contribution in [3.05, 3.63) is 65.4 Å². The van der Waals surface area contributed by atoms with Crippen LogP contribution in [0, 0.1) is 6.92 Å². The third kappa shape index (κ3) is 4.76.